The van der Waals surface area contributed by atoms with E-state index >= 15 is 0 Å². The van der Waals surface area contributed by atoms with Gasteiger partial charge in [0.25, 0.3) is 0 Å². The molecule has 0 bridgehead atoms. The molecule has 5 atom stereocenters. The van der Waals surface area contributed by atoms with Crippen LogP contribution in [0, 0.1) is 0 Å². The van der Waals surface area contributed by atoms with E-state index in [2.05, 4.69) is 11.8 Å². The maximum atomic E-state index is 9.87. The summed E-state index contributed by atoms with van der Waals surface area (Å²) >= 11 is 0. The molecular formula is C11H21NO4. The topological polar surface area (TPSA) is 73.2 Å². The number of fused-ring (bicyclic) bond motifs is 1. The summed E-state index contributed by atoms with van der Waals surface area (Å²) in [4.78, 5) is 2.10. The van der Waals surface area contributed by atoms with E-state index in [0.29, 0.717) is 13.0 Å². The van der Waals surface area contributed by atoms with E-state index in [1.165, 1.54) is 0 Å². The summed E-state index contributed by atoms with van der Waals surface area (Å²) in [6, 6.07) is 0.00773. The standard InChI is InChI=1S/C11H21NO4/c1-3-4-12-6-8(13)9(14)10-7(12)5-11(2,15)16-10/h7-10,13-15H,3-6H2,1-2H3/t7-,8-,9-,10+,11-/m1/s1. The zero-order valence-electron chi connectivity index (χ0n) is 9.83. The predicted molar refractivity (Wildman–Crippen MR) is 57.8 cm³/mol. The molecule has 0 amide bonds. The number of ether oxygens (including phenoxy) is 1. The average molecular weight is 231 g/mol. The van der Waals surface area contributed by atoms with Crippen LogP contribution in [0.2, 0.25) is 0 Å². The van der Waals surface area contributed by atoms with E-state index in [0.717, 1.165) is 13.0 Å². The van der Waals surface area contributed by atoms with Gasteiger partial charge < -0.3 is 20.1 Å². The molecule has 5 nitrogen and oxygen atoms in total. The van der Waals surface area contributed by atoms with Crippen LogP contribution in [0.4, 0.5) is 0 Å². The van der Waals surface area contributed by atoms with Gasteiger partial charge in [0.15, 0.2) is 5.79 Å². The fraction of sp³-hybridized carbons (Fsp3) is 1.00. The minimum absolute atomic E-state index is 0.00773. The first kappa shape index (κ1) is 12.3. The van der Waals surface area contributed by atoms with Crippen molar-refractivity contribution in [3.05, 3.63) is 0 Å². The van der Waals surface area contributed by atoms with Crippen molar-refractivity contribution in [2.75, 3.05) is 13.1 Å². The third-order valence-corrected chi connectivity index (χ3v) is 3.49. The molecule has 2 aliphatic rings. The molecule has 2 rings (SSSR count). The molecular weight excluding hydrogens is 210 g/mol. The number of likely N-dealkylation sites (tertiary alicyclic amines) is 1. The lowest BCUT2D eigenvalue weighted by molar-refractivity contribution is -0.213. The molecule has 94 valence electrons. The number of hydrogen-bond donors (Lipinski definition) is 3. The van der Waals surface area contributed by atoms with Gasteiger partial charge >= 0.3 is 0 Å². The van der Waals surface area contributed by atoms with E-state index in [1.807, 2.05) is 0 Å². The maximum absolute atomic E-state index is 9.87. The summed E-state index contributed by atoms with van der Waals surface area (Å²) in [7, 11) is 0. The highest BCUT2D eigenvalue weighted by Crippen LogP contribution is 2.36. The Morgan fingerprint density at radius 2 is 2.12 bits per heavy atom. The van der Waals surface area contributed by atoms with Crippen molar-refractivity contribution < 1.29 is 20.1 Å². The van der Waals surface area contributed by atoms with Crippen LogP contribution >= 0.6 is 0 Å². The normalized spacial score (nSPS) is 49.3. The van der Waals surface area contributed by atoms with Crippen LogP contribution in [0.25, 0.3) is 0 Å². The number of piperidine rings is 1. The Balaban J connectivity index is 2.15. The number of aliphatic hydroxyl groups is 3. The second-order valence-electron chi connectivity index (χ2n) is 5.08. The third-order valence-electron chi connectivity index (χ3n) is 3.49. The number of hydrogen-bond acceptors (Lipinski definition) is 5. The fourth-order valence-corrected chi connectivity index (χ4v) is 2.81. The van der Waals surface area contributed by atoms with Crippen molar-refractivity contribution >= 4 is 0 Å². The summed E-state index contributed by atoms with van der Waals surface area (Å²) in [6.45, 7) is 4.98. The summed E-state index contributed by atoms with van der Waals surface area (Å²) in [6.07, 6.45) is -0.700. The van der Waals surface area contributed by atoms with Gasteiger partial charge in [-0.05, 0) is 19.9 Å². The van der Waals surface area contributed by atoms with Gasteiger partial charge in [-0.2, -0.15) is 0 Å². The minimum atomic E-state index is -1.19. The van der Waals surface area contributed by atoms with Gasteiger partial charge in [0, 0.05) is 19.0 Å². The van der Waals surface area contributed by atoms with E-state index < -0.39 is 24.1 Å². The van der Waals surface area contributed by atoms with Gasteiger partial charge in [-0.3, -0.25) is 4.90 Å². The van der Waals surface area contributed by atoms with E-state index in [9.17, 15) is 15.3 Å². The summed E-state index contributed by atoms with van der Waals surface area (Å²) in [5, 5.41) is 29.5. The Kier molecular flexibility index (Phi) is 3.25. The first-order chi connectivity index (χ1) is 7.44. The van der Waals surface area contributed by atoms with Crippen LogP contribution in [-0.2, 0) is 4.74 Å². The van der Waals surface area contributed by atoms with Gasteiger partial charge in [-0.15, -0.1) is 0 Å². The summed E-state index contributed by atoms with van der Waals surface area (Å²) in [5.74, 6) is -1.19. The number of β-amino-alcohol motifs (C(OH)–C–C–N with tert-alkyl or cyclic N) is 1. The van der Waals surface area contributed by atoms with Crippen molar-refractivity contribution in [1.29, 1.82) is 0 Å². The monoisotopic (exact) mass is 231 g/mol. The number of nitrogens with zero attached hydrogens (tertiary/aromatic N) is 1. The number of rotatable bonds is 2. The molecule has 5 heteroatoms. The second-order valence-corrected chi connectivity index (χ2v) is 5.08. The molecule has 0 radical (unpaired) electrons. The molecule has 16 heavy (non-hydrogen) atoms. The molecule has 0 aliphatic carbocycles. The SMILES string of the molecule is CCCN1C[C@@H](O)[C@@H](O)[C@H]2O[C@@](C)(O)C[C@H]21. The maximum Gasteiger partial charge on any atom is 0.164 e. The molecule has 2 saturated heterocycles. The van der Waals surface area contributed by atoms with Crippen molar-refractivity contribution in [3.8, 4) is 0 Å². The quantitative estimate of drug-likeness (QED) is 0.586. The predicted octanol–water partition coefficient (Wildman–Crippen LogP) is -0.700. The van der Waals surface area contributed by atoms with Crippen molar-refractivity contribution in [3.63, 3.8) is 0 Å². The average Bonchev–Trinajstić information content (AvgIpc) is 2.51. The highest BCUT2D eigenvalue weighted by atomic mass is 16.6. The highest BCUT2D eigenvalue weighted by molar-refractivity contribution is 5.01. The Bertz CT molecular complexity index is 258. The molecule has 0 aromatic carbocycles. The van der Waals surface area contributed by atoms with Crippen molar-refractivity contribution in [2.24, 2.45) is 0 Å². The van der Waals surface area contributed by atoms with Crippen LogP contribution in [0.15, 0.2) is 0 Å². The van der Waals surface area contributed by atoms with E-state index in [4.69, 9.17) is 4.74 Å². The molecule has 0 unspecified atom stereocenters. The van der Waals surface area contributed by atoms with Gasteiger partial charge in [0.1, 0.15) is 12.2 Å². The zero-order valence-corrected chi connectivity index (χ0v) is 9.83. The fourth-order valence-electron chi connectivity index (χ4n) is 2.81. The van der Waals surface area contributed by atoms with Crippen LogP contribution in [0.1, 0.15) is 26.7 Å². The van der Waals surface area contributed by atoms with Crippen molar-refractivity contribution in [1.82, 2.24) is 4.90 Å². The Morgan fingerprint density at radius 3 is 2.75 bits per heavy atom. The first-order valence-electron chi connectivity index (χ1n) is 5.95. The van der Waals surface area contributed by atoms with Crippen LogP contribution in [-0.4, -0.2) is 63.4 Å². The second kappa shape index (κ2) is 4.23. The van der Waals surface area contributed by atoms with Crippen LogP contribution < -0.4 is 0 Å². The van der Waals surface area contributed by atoms with Gasteiger partial charge in [-0.1, -0.05) is 6.92 Å². The molecule has 2 aliphatic heterocycles. The van der Waals surface area contributed by atoms with Gasteiger partial charge in [-0.25, -0.2) is 0 Å². The Labute approximate surface area is 95.6 Å². The van der Waals surface area contributed by atoms with Gasteiger partial charge in [0.05, 0.1) is 6.10 Å². The molecule has 0 saturated carbocycles. The molecule has 0 aromatic heterocycles. The minimum Gasteiger partial charge on any atom is -0.389 e. The lowest BCUT2D eigenvalue weighted by Crippen LogP contribution is -2.59. The summed E-state index contributed by atoms with van der Waals surface area (Å²) < 4.78 is 5.42. The van der Waals surface area contributed by atoms with E-state index in [1.54, 1.807) is 6.92 Å². The Hall–Kier alpha value is -0.200. The van der Waals surface area contributed by atoms with Crippen molar-refractivity contribution in [2.45, 2.75) is 56.8 Å². The molecule has 0 spiro atoms. The van der Waals surface area contributed by atoms with E-state index in [-0.39, 0.29) is 6.04 Å². The first-order valence-corrected chi connectivity index (χ1v) is 5.95. The molecule has 2 fully saturated rings. The third kappa shape index (κ3) is 2.10. The smallest absolute Gasteiger partial charge is 0.164 e. The largest absolute Gasteiger partial charge is 0.389 e. The van der Waals surface area contributed by atoms with Crippen LogP contribution in [0.3, 0.4) is 0 Å². The van der Waals surface area contributed by atoms with Crippen LogP contribution in [0.5, 0.6) is 0 Å². The lowest BCUT2D eigenvalue weighted by atomic mass is 9.92. The highest BCUT2D eigenvalue weighted by Gasteiger charge is 2.52. The zero-order chi connectivity index (χ0) is 11.9. The lowest BCUT2D eigenvalue weighted by Gasteiger charge is -2.41. The molecule has 3 N–H and O–H groups in total. The summed E-state index contributed by atoms with van der Waals surface area (Å²) in [5.41, 5.74) is 0. The Morgan fingerprint density at radius 1 is 1.44 bits per heavy atom. The van der Waals surface area contributed by atoms with Gasteiger partial charge in [0.2, 0.25) is 0 Å². The molecule has 2 heterocycles. The number of aliphatic hydroxyl groups excluding tert-OH is 2. The molecule has 0 aromatic rings.